The van der Waals surface area contributed by atoms with Gasteiger partial charge in [0.1, 0.15) is 12.5 Å². The van der Waals surface area contributed by atoms with Gasteiger partial charge in [0.05, 0.1) is 17.3 Å². The Kier molecular flexibility index (Phi) is 3.03. The van der Waals surface area contributed by atoms with Gasteiger partial charge in [0.25, 0.3) is 0 Å². The van der Waals surface area contributed by atoms with Crippen LogP contribution in [0, 0.1) is 0 Å². The maximum Gasteiger partial charge on any atom is 0.242 e. The predicted molar refractivity (Wildman–Crippen MR) is 60.0 cm³/mol. The number of alkyl halides is 1. The number of ether oxygens (including phenoxy) is 1. The number of para-hydroxylation sites is 1. The molecular weight excluding hydrogens is 237 g/mol. The van der Waals surface area contributed by atoms with Crippen molar-refractivity contribution in [2.45, 2.75) is 0 Å². The number of fused-ring (bicyclic) bond motifs is 1. The highest BCUT2D eigenvalue weighted by Gasteiger charge is 2.24. The van der Waals surface area contributed by atoms with Crippen LogP contribution < -0.4 is 9.64 Å². The normalized spacial score (nSPS) is 14.4. The highest BCUT2D eigenvalue weighted by Crippen LogP contribution is 2.37. The molecule has 1 aliphatic heterocycles. The number of carbonyl (C=O) groups is 1. The molecule has 5 heteroatoms. The Morgan fingerprint density at radius 3 is 3.07 bits per heavy atom. The molecule has 0 bridgehead atoms. The maximum absolute atomic E-state index is 11.5. The van der Waals surface area contributed by atoms with Crippen LogP contribution in [0.3, 0.4) is 0 Å². The van der Waals surface area contributed by atoms with Crippen LogP contribution in [0.1, 0.15) is 0 Å². The number of carbonyl (C=O) groups excluding carboxylic acids is 1. The highest BCUT2D eigenvalue weighted by atomic mass is 35.5. The molecule has 0 N–H and O–H groups in total. The van der Waals surface area contributed by atoms with Gasteiger partial charge >= 0.3 is 0 Å². The van der Waals surface area contributed by atoms with Gasteiger partial charge in [-0.2, -0.15) is 0 Å². The van der Waals surface area contributed by atoms with E-state index in [0.29, 0.717) is 29.6 Å². The van der Waals surface area contributed by atoms with E-state index in [1.165, 1.54) is 0 Å². The molecule has 1 aliphatic rings. The molecule has 0 saturated heterocycles. The van der Waals surface area contributed by atoms with Gasteiger partial charge < -0.3 is 9.64 Å². The van der Waals surface area contributed by atoms with Gasteiger partial charge in [-0.25, -0.2) is 0 Å². The number of hydrogen-bond donors (Lipinski definition) is 0. The molecule has 15 heavy (non-hydrogen) atoms. The van der Waals surface area contributed by atoms with Crippen LogP contribution in [0.5, 0.6) is 5.75 Å². The topological polar surface area (TPSA) is 29.5 Å². The van der Waals surface area contributed by atoms with E-state index in [1.807, 2.05) is 0 Å². The molecule has 0 unspecified atom stereocenters. The number of nitrogens with zero attached hydrogens (tertiary/aromatic N) is 1. The van der Waals surface area contributed by atoms with E-state index < -0.39 is 0 Å². The van der Waals surface area contributed by atoms with Crippen molar-refractivity contribution in [1.29, 1.82) is 0 Å². The number of rotatable bonds is 1. The van der Waals surface area contributed by atoms with Gasteiger partial charge in [-0.05, 0) is 12.1 Å². The lowest BCUT2D eigenvalue weighted by atomic mass is 10.2. The Labute approximate surface area is 97.5 Å². The fraction of sp³-hybridized carbons (Fsp3) is 0.300. The largest absolute Gasteiger partial charge is 0.488 e. The third-order valence-corrected chi connectivity index (χ3v) is 2.74. The van der Waals surface area contributed by atoms with Crippen molar-refractivity contribution in [2.75, 3.05) is 23.9 Å². The van der Waals surface area contributed by atoms with Crippen molar-refractivity contribution in [3.8, 4) is 5.75 Å². The van der Waals surface area contributed by atoms with Crippen LogP contribution in [0.15, 0.2) is 18.2 Å². The van der Waals surface area contributed by atoms with Crippen molar-refractivity contribution < 1.29 is 9.53 Å². The van der Waals surface area contributed by atoms with Crippen LogP contribution in [0.25, 0.3) is 0 Å². The van der Waals surface area contributed by atoms with Crippen molar-refractivity contribution in [2.24, 2.45) is 0 Å². The third-order valence-electron chi connectivity index (χ3n) is 2.21. The Balaban J connectivity index is 2.42. The maximum atomic E-state index is 11.5. The minimum atomic E-state index is -0.136. The Bertz CT molecular complexity index is 395. The molecule has 0 atom stereocenters. The first-order chi connectivity index (χ1) is 7.24. The first-order valence-electron chi connectivity index (χ1n) is 4.51. The summed E-state index contributed by atoms with van der Waals surface area (Å²) >= 11 is 11.5. The van der Waals surface area contributed by atoms with E-state index >= 15 is 0 Å². The summed E-state index contributed by atoms with van der Waals surface area (Å²) in [6.45, 7) is 0.957. The SMILES string of the molecule is O=C(CCl)N1CCOc2c(Cl)cccc21. The molecular formula is C10H9Cl2NO2. The predicted octanol–water partition coefficient (Wildman–Crippen LogP) is 2.30. The molecule has 0 saturated carbocycles. The van der Waals surface area contributed by atoms with Crippen molar-refractivity contribution in [1.82, 2.24) is 0 Å². The molecule has 1 heterocycles. The first-order valence-corrected chi connectivity index (χ1v) is 5.43. The summed E-state index contributed by atoms with van der Waals surface area (Å²) < 4.78 is 5.41. The second kappa shape index (κ2) is 4.29. The lowest BCUT2D eigenvalue weighted by Crippen LogP contribution is -2.38. The zero-order valence-corrected chi connectivity index (χ0v) is 9.38. The molecule has 0 radical (unpaired) electrons. The third kappa shape index (κ3) is 1.90. The van der Waals surface area contributed by atoms with Gasteiger partial charge in [0, 0.05) is 0 Å². The van der Waals surface area contributed by atoms with Crippen LogP contribution in [-0.4, -0.2) is 24.9 Å². The van der Waals surface area contributed by atoms with E-state index in [2.05, 4.69) is 0 Å². The van der Waals surface area contributed by atoms with E-state index in [0.717, 1.165) is 0 Å². The van der Waals surface area contributed by atoms with Crippen molar-refractivity contribution in [3.63, 3.8) is 0 Å². The van der Waals surface area contributed by atoms with Crippen LogP contribution in [0.2, 0.25) is 5.02 Å². The summed E-state index contributed by atoms with van der Waals surface area (Å²) in [5.41, 5.74) is 0.694. The fourth-order valence-electron chi connectivity index (χ4n) is 1.54. The first kappa shape index (κ1) is 10.6. The van der Waals surface area contributed by atoms with Crippen LogP contribution in [0.4, 0.5) is 5.69 Å². The standard InChI is InChI=1S/C10H9Cl2NO2/c11-6-9(14)13-4-5-15-10-7(12)2-1-3-8(10)13/h1-3H,4-6H2. The Morgan fingerprint density at radius 1 is 1.53 bits per heavy atom. The summed E-state index contributed by atoms with van der Waals surface area (Å²) in [6, 6.07) is 5.31. The fourth-order valence-corrected chi connectivity index (χ4v) is 1.91. The monoisotopic (exact) mass is 245 g/mol. The Morgan fingerprint density at radius 2 is 2.33 bits per heavy atom. The van der Waals surface area contributed by atoms with Gasteiger partial charge in [-0.3, -0.25) is 4.79 Å². The number of halogens is 2. The molecule has 3 nitrogen and oxygen atoms in total. The minimum Gasteiger partial charge on any atom is -0.488 e. The summed E-state index contributed by atoms with van der Waals surface area (Å²) in [6.07, 6.45) is 0. The van der Waals surface area contributed by atoms with E-state index in [-0.39, 0.29) is 11.8 Å². The summed E-state index contributed by atoms with van der Waals surface area (Å²) in [5, 5.41) is 0.513. The van der Waals surface area contributed by atoms with Crippen molar-refractivity contribution in [3.05, 3.63) is 23.2 Å². The van der Waals surface area contributed by atoms with Gasteiger partial charge in [-0.15, -0.1) is 11.6 Å². The van der Waals surface area contributed by atoms with E-state index in [9.17, 15) is 4.79 Å². The lowest BCUT2D eigenvalue weighted by molar-refractivity contribution is -0.116. The molecule has 1 aromatic rings. The number of anilines is 1. The molecule has 1 amide bonds. The minimum absolute atomic E-state index is 0.0358. The van der Waals surface area contributed by atoms with E-state index in [4.69, 9.17) is 27.9 Å². The van der Waals surface area contributed by atoms with Crippen molar-refractivity contribution >= 4 is 34.8 Å². The Hall–Kier alpha value is -0.930. The second-order valence-corrected chi connectivity index (χ2v) is 3.79. The number of amides is 1. The second-order valence-electron chi connectivity index (χ2n) is 3.12. The zero-order chi connectivity index (χ0) is 10.8. The average Bonchev–Trinajstić information content (AvgIpc) is 2.28. The summed E-state index contributed by atoms with van der Waals surface area (Å²) in [7, 11) is 0. The van der Waals surface area contributed by atoms with Crippen LogP contribution in [-0.2, 0) is 4.79 Å². The summed E-state index contributed by atoms with van der Waals surface area (Å²) in [5.74, 6) is 0.388. The van der Waals surface area contributed by atoms with Gasteiger partial charge in [0.15, 0.2) is 5.75 Å². The van der Waals surface area contributed by atoms with Gasteiger partial charge in [-0.1, -0.05) is 17.7 Å². The lowest BCUT2D eigenvalue weighted by Gasteiger charge is -2.29. The summed E-state index contributed by atoms with van der Waals surface area (Å²) in [4.78, 5) is 13.1. The quantitative estimate of drug-likeness (QED) is 0.711. The van der Waals surface area contributed by atoms with E-state index in [1.54, 1.807) is 23.1 Å². The zero-order valence-electron chi connectivity index (χ0n) is 7.87. The molecule has 2 rings (SSSR count). The highest BCUT2D eigenvalue weighted by molar-refractivity contribution is 6.33. The number of hydrogen-bond acceptors (Lipinski definition) is 2. The van der Waals surface area contributed by atoms with Gasteiger partial charge in [0.2, 0.25) is 5.91 Å². The molecule has 0 aromatic heterocycles. The number of benzene rings is 1. The molecule has 1 aromatic carbocycles. The average molecular weight is 246 g/mol. The van der Waals surface area contributed by atoms with Crippen LogP contribution >= 0.6 is 23.2 Å². The molecule has 0 fully saturated rings. The molecule has 0 spiro atoms. The molecule has 0 aliphatic carbocycles. The smallest absolute Gasteiger partial charge is 0.242 e. The molecule has 80 valence electrons.